The number of amides is 1. The molecule has 0 radical (unpaired) electrons. The molecule has 2 aromatic carbocycles. The van der Waals surface area contributed by atoms with Crippen molar-refractivity contribution in [2.75, 3.05) is 26.2 Å². The van der Waals surface area contributed by atoms with Gasteiger partial charge in [0.25, 0.3) is 0 Å². The normalized spacial score (nSPS) is 21.6. The molecule has 2 atom stereocenters. The highest BCUT2D eigenvalue weighted by atomic mass is 79.9. The van der Waals surface area contributed by atoms with E-state index in [1.807, 2.05) is 31.7 Å². The van der Waals surface area contributed by atoms with Gasteiger partial charge in [-0.25, -0.2) is 4.79 Å². The Hall–Kier alpha value is -1.41. The average Bonchev–Trinajstić information content (AvgIpc) is 2.95. The van der Waals surface area contributed by atoms with E-state index in [1.165, 1.54) is 11.1 Å². The molecule has 1 saturated heterocycles. The fraction of sp³-hybridized carbons (Fsp3) is 0.519. The number of rotatable bonds is 4. The Bertz CT molecular complexity index is 979. The van der Waals surface area contributed by atoms with Crippen molar-refractivity contribution in [3.05, 3.63) is 68.1 Å². The zero-order chi connectivity index (χ0) is 24.3. The van der Waals surface area contributed by atoms with Crippen LogP contribution >= 0.6 is 31.9 Å². The number of piperazine rings is 1. The molecule has 184 valence electrons. The second kappa shape index (κ2) is 11.1. The quantitative estimate of drug-likeness (QED) is 0.369. The van der Waals surface area contributed by atoms with E-state index < -0.39 is 5.60 Å². The van der Waals surface area contributed by atoms with Crippen LogP contribution in [0.3, 0.4) is 0 Å². The number of benzene rings is 2. The van der Waals surface area contributed by atoms with E-state index in [-0.39, 0.29) is 18.2 Å². The highest BCUT2D eigenvalue weighted by molar-refractivity contribution is 9.11. The van der Waals surface area contributed by atoms with Crippen molar-refractivity contribution in [1.29, 1.82) is 0 Å². The third kappa shape index (κ3) is 6.62. The lowest BCUT2D eigenvalue weighted by Crippen LogP contribution is -2.52. The monoisotopic (exact) mass is 592 g/mol. The standard InChI is InChI=1S/C27H34Br2N2O3/c1-27(2,3)34-26(32)31-13-11-30(12-14-31)25-23-9-5-4-7-20(23)8-6-10-24(25)33-18-19-15-21(28)17-22(29)16-19/h4-5,7,9,15-17,24-25H,6,8,10-14,18H2,1-3H3/t24-,25+/m0/s1. The average molecular weight is 594 g/mol. The van der Waals surface area contributed by atoms with Crippen LogP contribution in [0.4, 0.5) is 4.79 Å². The molecule has 2 aromatic rings. The molecule has 0 bridgehead atoms. The minimum atomic E-state index is -0.477. The fourth-order valence-electron chi connectivity index (χ4n) is 4.92. The molecule has 1 heterocycles. The van der Waals surface area contributed by atoms with Gasteiger partial charge in [0.2, 0.25) is 0 Å². The Morgan fingerprint density at radius 2 is 1.71 bits per heavy atom. The van der Waals surface area contributed by atoms with Crippen molar-refractivity contribution in [3.8, 4) is 0 Å². The summed E-state index contributed by atoms with van der Waals surface area (Å²) in [6.07, 6.45) is 3.07. The fourth-order valence-corrected chi connectivity index (χ4v) is 6.30. The number of hydrogen-bond acceptors (Lipinski definition) is 4. The van der Waals surface area contributed by atoms with Gasteiger partial charge < -0.3 is 14.4 Å². The van der Waals surface area contributed by atoms with Crippen molar-refractivity contribution < 1.29 is 14.3 Å². The van der Waals surface area contributed by atoms with Crippen LogP contribution < -0.4 is 0 Å². The topological polar surface area (TPSA) is 42.0 Å². The molecule has 0 aromatic heterocycles. The van der Waals surface area contributed by atoms with Crippen molar-refractivity contribution >= 4 is 38.0 Å². The van der Waals surface area contributed by atoms with Gasteiger partial charge in [-0.1, -0.05) is 56.1 Å². The largest absolute Gasteiger partial charge is 0.444 e. The second-order valence-corrected chi connectivity index (χ2v) is 12.0. The SMILES string of the molecule is CC(C)(C)OC(=O)N1CCN([C@@H]2c3ccccc3CCC[C@@H]2OCc2cc(Br)cc(Br)c2)CC1. The van der Waals surface area contributed by atoms with Crippen LogP contribution in [0.25, 0.3) is 0 Å². The van der Waals surface area contributed by atoms with Gasteiger partial charge in [0.1, 0.15) is 5.60 Å². The van der Waals surface area contributed by atoms with Gasteiger partial charge in [-0.05, 0) is 74.9 Å². The summed E-state index contributed by atoms with van der Waals surface area (Å²) in [5.41, 5.74) is 3.45. The van der Waals surface area contributed by atoms with Crippen LogP contribution in [0.1, 0.15) is 56.3 Å². The van der Waals surface area contributed by atoms with Crippen LogP contribution in [-0.4, -0.2) is 53.8 Å². The van der Waals surface area contributed by atoms with Crippen molar-refractivity contribution in [3.63, 3.8) is 0 Å². The van der Waals surface area contributed by atoms with Gasteiger partial charge in [0.05, 0.1) is 18.8 Å². The van der Waals surface area contributed by atoms with Crippen molar-refractivity contribution in [2.24, 2.45) is 0 Å². The van der Waals surface area contributed by atoms with E-state index in [0.717, 1.165) is 46.9 Å². The molecule has 0 unspecified atom stereocenters. The molecule has 34 heavy (non-hydrogen) atoms. The first-order valence-electron chi connectivity index (χ1n) is 12.1. The van der Waals surface area contributed by atoms with E-state index >= 15 is 0 Å². The number of hydrogen-bond donors (Lipinski definition) is 0. The summed E-state index contributed by atoms with van der Waals surface area (Å²) in [5, 5.41) is 0. The van der Waals surface area contributed by atoms with Crippen molar-refractivity contribution in [2.45, 2.75) is 64.4 Å². The summed E-state index contributed by atoms with van der Waals surface area (Å²) in [6, 6.07) is 15.2. The summed E-state index contributed by atoms with van der Waals surface area (Å²) in [7, 11) is 0. The van der Waals surface area contributed by atoms with E-state index in [0.29, 0.717) is 19.7 Å². The van der Waals surface area contributed by atoms with E-state index in [9.17, 15) is 4.79 Å². The predicted octanol–water partition coefficient (Wildman–Crippen LogP) is 6.73. The van der Waals surface area contributed by atoms with Crippen LogP contribution in [0.15, 0.2) is 51.4 Å². The third-order valence-electron chi connectivity index (χ3n) is 6.41. The van der Waals surface area contributed by atoms with E-state index in [1.54, 1.807) is 0 Å². The number of carbonyl (C=O) groups excluding carboxylic acids is 1. The lowest BCUT2D eigenvalue weighted by atomic mass is 9.95. The number of ether oxygens (including phenoxy) is 2. The van der Waals surface area contributed by atoms with Crippen LogP contribution in [-0.2, 0) is 22.5 Å². The molecule has 1 amide bonds. The first-order valence-corrected chi connectivity index (χ1v) is 13.6. The van der Waals surface area contributed by atoms with Gasteiger partial charge >= 0.3 is 6.09 Å². The zero-order valence-corrected chi connectivity index (χ0v) is 23.4. The highest BCUT2D eigenvalue weighted by Gasteiger charge is 2.36. The molecule has 0 saturated carbocycles. The smallest absolute Gasteiger partial charge is 0.410 e. The molecule has 4 rings (SSSR count). The maximum Gasteiger partial charge on any atom is 0.410 e. The van der Waals surface area contributed by atoms with Gasteiger partial charge in [0, 0.05) is 35.1 Å². The third-order valence-corrected chi connectivity index (χ3v) is 7.32. The first-order chi connectivity index (χ1) is 16.2. The Morgan fingerprint density at radius 1 is 1.03 bits per heavy atom. The molecule has 1 fully saturated rings. The molecular formula is C27H34Br2N2O3. The Balaban J connectivity index is 1.51. The van der Waals surface area contributed by atoms with E-state index in [2.05, 4.69) is 73.2 Å². The number of nitrogens with zero attached hydrogens (tertiary/aromatic N) is 2. The molecule has 2 aliphatic rings. The van der Waals surface area contributed by atoms with Gasteiger partial charge in [-0.15, -0.1) is 0 Å². The molecule has 1 aliphatic heterocycles. The maximum absolute atomic E-state index is 12.6. The lowest BCUT2D eigenvalue weighted by molar-refractivity contribution is -0.0436. The summed E-state index contributed by atoms with van der Waals surface area (Å²) in [5.74, 6) is 0. The Kier molecular flexibility index (Phi) is 8.39. The maximum atomic E-state index is 12.6. The van der Waals surface area contributed by atoms with Crippen LogP contribution in [0, 0.1) is 0 Å². The zero-order valence-electron chi connectivity index (χ0n) is 20.2. The van der Waals surface area contributed by atoms with E-state index in [4.69, 9.17) is 9.47 Å². The summed E-state index contributed by atoms with van der Waals surface area (Å²) < 4.78 is 14.3. The van der Waals surface area contributed by atoms with Gasteiger partial charge in [-0.2, -0.15) is 0 Å². The molecule has 7 heteroatoms. The predicted molar refractivity (Wildman–Crippen MR) is 142 cm³/mol. The Labute approximate surface area is 220 Å². The van der Waals surface area contributed by atoms with Crippen LogP contribution in [0.2, 0.25) is 0 Å². The minimum absolute atomic E-state index is 0.0921. The molecular weight excluding hydrogens is 560 g/mol. The number of aryl methyl sites for hydroxylation is 1. The lowest BCUT2D eigenvalue weighted by Gasteiger charge is -2.42. The number of halogens is 2. The summed E-state index contributed by atoms with van der Waals surface area (Å²) in [6.45, 7) is 9.25. The number of carbonyl (C=O) groups is 1. The highest BCUT2D eigenvalue weighted by Crippen LogP contribution is 2.36. The molecule has 1 aliphatic carbocycles. The molecule has 0 spiro atoms. The van der Waals surface area contributed by atoms with Gasteiger partial charge in [0.15, 0.2) is 0 Å². The number of fused-ring (bicyclic) bond motifs is 1. The minimum Gasteiger partial charge on any atom is -0.444 e. The molecule has 0 N–H and O–H groups in total. The Morgan fingerprint density at radius 3 is 2.38 bits per heavy atom. The molecule has 5 nitrogen and oxygen atoms in total. The summed E-state index contributed by atoms with van der Waals surface area (Å²) >= 11 is 7.17. The van der Waals surface area contributed by atoms with Gasteiger partial charge in [-0.3, -0.25) is 4.90 Å². The van der Waals surface area contributed by atoms with Crippen molar-refractivity contribution in [1.82, 2.24) is 9.80 Å². The summed E-state index contributed by atoms with van der Waals surface area (Å²) in [4.78, 5) is 16.9. The first kappa shape index (κ1) is 25.7. The second-order valence-electron chi connectivity index (χ2n) is 10.2. The van der Waals surface area contributed by atoms with Crippen LogP contribution in [0.5, 0.6) is 0 Å².